The monoisotopic (exact) mass is 343 g/mol. The van der Waals surface area contributed by atoms with Crippen molar-refractivity contribution in [3.8, 4) is 0 Å². The Labute approximate surface area is 145 Å². The second kappa shape index (κ2) is 6.02. The standard InChI is InChI=1S/C17H21N5O3/c1-21-14(23)8-11(15(21)13-6-7-18-22(13)2)19-16(24)12-9-25-17(20-12)10-4-3-5-10/h6-7,9-11,15H,3-5,8H2,1-2H3,(H,19,24)/t11-,15-/m1/s1. The van der Waals surface area contributed by atoms with Crippen LogP contribution in [0, 0.1) is 0 Å². The third-order valence-electron chi connectivity index (χ3n) is 5.27. The second-order valence-electron chi connectivity index (χ2n) is 6.81. The summed E-state index contributed by atoms with van der Waals surface area (Å²) in [5.74, 6) is 0.656. The number of nitrogens with zero attached hydrogens (tertiary/aromatic N) is 4. The van der Waals surface area contributed by atoms with Crippen molar-refractivity contribution in [2.24, 2.45) is 7.05 Å². The van der Waals surface area contributed by atoms with Crippen LogP contribution in [0.1, 0.15) is 59.7 Å². The molecule has 1 saturated carbocycles. The summed E-state index contributed by atoms with van der Waals surface area (Å²) in [4.78, 5) is 30.7. The molecule has 0 radical (unpaired) electrons. The minimum absolute atomic E-state index is 0.00758. The van der Waals surface area contributed by atoms with E-state index in [9.17, 15) is 9.59 Å². The molecule has 0 bridgehead atoms. The second-order valence-corrected chi connectivity index (χ2v) is 6.81. The Bertz CT molecular complexity index is 807. The maximum Gasteiger partial charge on any atom is 0.273 e. The van der Waals surface area contributed by atoms with Crippen molar-refractivity contribution in [2.75, 3.05) is 7.05 Å². The third kappa shape index (κ3) is 2.71. The largest absolute Gasteiger partial charge is 0.448 e. The molecule has 8 nitrogen and oxygen atoms in total. The van der Waals surface area contributed by atoms with Crippen LogP contribution in [0.4, 0.5) is 0 Å². The van der Waals surface area contributed by atoms with Crippen molar-refractivity contribution in [2.45, 2.75) is 43.7 Å². The predicted molar refractivity (Wildman–Crippen MR) is 87.7 cm³/mol. The van der Waals surface area contributed by atoms with E-state index in [-0.39, 0.29) is 36.0 Å². The van der Waals surface area contributed by atoms with Gasteiger partial charge >= 0.3 is 0 Å². The minimum Gasteiger partial charge on any atom is -0.448 e. The van der Waals surface area contributed by atoms with Gasteiger partial charge in [-0.1, -0.05) is 6.42 Å². The molecular weight excluding hydrogens is 322 g/mol. The molecule has 2 aliphatic rings. The van der Waals surface area contributed by atoms with E-state index < -0.39 is 0 Å². The molecule has 25 heavy (non-hydrogen) atoms. The summed E-state index contributed by atoms with van der Waals surface area (Å²) in [5, 5.41) is 7.11. The summed E-state index contributed by atoms with van der Waals surface area (Å²) in [5.41, 5.74) is 1.15. The summed E-state index contributed by atoms with van der Waals surface area (Å²) in [6.07, 6.45) is 6.65. The molecule has 3 heterocycles. The number of aromatic nitrogens is 3. The van der Waals surface area contributed by atoms with Crippen LogP contribution >= 0.6 is 0 Å². The van der Waals surface area contributed by atoms with Crippen molar-refractivity contribution < 1.29 is 14.0 Å². The van der Waals surface area contributed by atoms with Gasteiger partial charge in [-0.25, -0.2) is 4.98 Å². The lowest BCUT2D eigenvalue weighted by Gasteiger charge is -2.25. The summed E-state index contributed by atoms with van der Waals surface area (Å²) >= 11 is 0. The van der Waals surface area contributed by atoms with Crippen LogP contribution in [-0.2, 0) is 11.8 Å². The van der Waals surface area contributed by atoms with E-state index in [4.69, 9.17) is 4.42 Å². The molecule has 1 saturated heterocycles. The first kappa shape index (κ1) is 15.9. The van der Waals surface area contributed by atoms with Gasteiger partial charge in [-0.15, -0.1) is 0 Å². The summed E-state index contributed by atoms with van der Waals surface area (Å²) < 4.78 is 7.18. The number of carbonyl (C=O) groups is 2. The van der Waals surface area contributed by atoms with Crippen molar-refractivity contribution in [1.82, 2.24) is 25.0 Å². The average molecular weight is 343 g/mol. The fourth-order valence-electron chi connectivity index (χ4n) is 3.55. The minimum atomic E-state index is -0.329. The molecule has 0 unspecified atom stereocenters. The number of hydrogen-bond donors (Lipinski definition) is 1. The van der Waals surface area contributed by atoms with E-state index in [0.717, 1.165) is 18.5 Å². The average Bonchev–Trinajstić information content (AvgIpc) is 3.20. The highest BCUT2D eigenvalue weighted by Gasteiger charge is 2.41. The number of rotatable bonds is 4. The Balaban J connectivity index is 1.52. The zero-order valence-corrected chi connectivity index (χ0v) is 14.3. The molecule has 1 N–H and O–H groups in total. The Morgan fingerprint density at radius 2 is 2.16 bits per heavy atom. The lowest BCUT2D eigenvalue weighted by Crippen LogP contribution is -2.39. The lowest BCUT2D eigenvalue weighted by molar-refractivity contribution is -0.127. The van der Waals surface area contributed by atoms with Gasteiger partial charge in [-0.05, 0) is 18.9 Å². The number of oxazole rings is 1. The molecule has 1 aliphatic carbocycles. The fraction of sp³-hybridized carbons (Fsp3) is 0.529. The maximum atomic E-state index is 12.6. The SMILES string of the molecule is CN1C(=O)C[C@@H](NC(=O)c2coc(C3CCC3)n2)[C@@H]1c1ccnn1C. The fourth-order valence-corrected chi connectivity index (χ4v) is 3.55. The highest BCUT2D eigenvalue weighted by molar-refractivity contribution is 5.93. The molecular formula is C17H21N5O3. The third-order valence-corrected chi connectivity index (χ3v) is 5.27. The zero-order valence-electron chi connectivity index (χ0n) is 14.3. The van der Waals surface area contributed by atoms with E-state index in [2.05, 4.69) is 15.4 Å². The molecule has 2 amide bonds. The summed E-state index contributed by atoms with van der Waals surface area (Å²) in [7, 11) is 3.57. The van der Waals surface area contributed by atoms with Crippen molar-refractivity contribution in [3.63, 3.8) is 0 Å². The molecule has 8 heteroatoms. The number of likely N-dealkylation sites (tertiary alicyclic amines) is 1. The number of hydrogen-bond acceptors (Lipinski definition) is 5. The van der Waals surface area contributed by atoms with Gasteiger partial charge in [0.15, 0.2) is 11.6 Å². The van der Waals surface area contributed by atoms with Crippen molar-refractivity contribution in [1.29, 1.82) is 0 Å². The van der Waals surface area contributed by atoms with Gasteiger partial charge in [0.05, 0.1) is 17.8 Å². The van der Waals surface area contributed by atoms with Crippen LogP contribution in [-0.4, -0.2) is 44.6 Å². The molecule has 2 aromatic rings. The van der Waals surface area contributed by atoms with E-state index in [1.165, 1.54) is 12.7 Å². The smallest absolute Gasteiger partial charge is 0.273 e. The van der Waals surface area contributed by atoms with Crippen LogP contribution in [0.2, 0.25) is 0 Å². The maximum absolute atomic E-state index is 12.6. The predicted octanol–water partition coefficient (Wildman–Crippen LogP) is 1.38. The van der Waals surface area contributed by atoms with Gasteiger partial charge in [-0.3, -0.25) is 14.3 Å². The van der Waals surface area contributed by atoms with Crippen LogP contribution in [0.3, 0.4) is 0 Å². The van der Waals surface area contributed by atoms with Crippen molar-refractivity contribution in [3.05, 3.63) is 35.8 Å². The van der Waals surface area contributed by atoms with E-state index in [0.29, 0.717) is 11.8 Å². The quantitative estimate of drug-likeness (QED) is 0.905. The first-order chi connectivity index (χ1) is 12.0. The Morgan fingerprint density at radius 3 is 2.80 bits per heavy atom. The molecule has 4 rings (SSSR count). The van der Waals surface area contributed by atoms with Gasteiger partial charge in [0.1, 0.15) is 6.26 Å². The molecule has 132 valence electrons. The molecule has 2 aromatic heterocycles. The number of likely N-dealkylation sites (N-methyl/N-ethyl adjacent to an activating group) is 1. The molecule has 0 aromatic carbocycles. The first-order valence-electron chi connectivity index (χ1n) is 8.54. The Kier molecular flexibility index (Phi) is 3.82. The van der Waals surface area contributed by atoms with Gasteiger partial charge in [0.2, 0.25) is 5.91 Å². The van der Waals surface area contributed by atoms with Gasteiger partial charge in [0.25, 0.3) is 5.91 Å². The highest BCUT2D eigenvalue weighted by atomic mass is 16.3. The van der Waals surface area contributed by atoms with E-state index >= 15 is 0 Å². The topological polar surface area (TPSA) is 93.3 Å². The molecule has 1 aliphatic heterocycles. The number of amides is 2. The van der Waals surface area contributed by atoms with Gasteiger partial charge < -0.3 is 14.6 Å². The van der Waals surface area contributed by atoms with Gasteiger partial charge in [0, 0.05) is 32.6 Å². The number of nitrogens with one attached hydrogen (secondary N) is 1. The zero-order chi connectivity index (χ0) is 17.6. The molecule has 2 fully saturated rings. The van der Waals surface area contributed by atoms with Crippen LogP contribution in [0.5, 0.6) is 0 Å². The normalized spacial score (nSPS) is 23.8. The Hall–Kier alpha value is -2.64. The van der Waals surface area contributed by atoms with Crippen LogP contribution in [0.25, 0.3) is 0 Å². The summed E-state index contributed by atoms with van der Waals surface area (Å²) in [6.45, 7) is 0. The summed E-state index contributed by atoms with van der Waals surface area (Å²) in [6, 6.07) is 1.29. The molecule has 0 spiro atoms. The lowest BCUT2D eigenvalue weighted by atomic mass is 9.85. The first-order valence-corrected chi connectivity index (χ1v) is 8.54. The van der Waals surface area contributed by atoms with Gasteiger partial charge in [-0.2, -0.15) is 5.10 Å². The van der Waals surface area contributed by atoms with E-state index in [1.54, 1.807) is 22.8 Å². The van der Waals surface area contributed by atoms with Crippen LogP contribution in [0.15, 0.2) is 22.9 Å². The Morgan fingerprint density at radius 1 is 1.36 bits per heavy atom. The van der Waals surface area contributed by atoms with E-state index in [1.807, 2.05) is 13.1 Å². The molecule has 2 atom stereocenters. The number of aryl methyl sites for hydroxylation is 1. The van der Waals surface area contributed by atoms with Crippen LogP contribution < -0.4 is 5.32 Å². The highest BCUT2D eigenvalue weighted by Crippen LogP contribution is 2.36. The van der Waals surface area contributed by atoms with Crippen molar-refractivity contribution >= 4 is 11.8 Å². The number of carbonyl (C=O) groups excluding carboxylic acids is 2.